The van der Waals surface area contributed by atoms with Crippen LogP contribution < -0.4 is 10.5 Å². The van der Waals surface area contributed by atoms with Crippen LogP contribution in [-0.4, -0.2) is 69.5 Å². The van der Waals surface area contributed by atoms with Crippen molar-refractivity contribution in [2.75, 3.05) is 39.0 Å². The van der Waals surface area contributed by atoms with Crippen LogP contribution in [0.1, 0.15) is 30.3 Å². The summed E-state index contributed by atoms with van der Waals surface area (Å²) in [5.74, 6) is 0.801. The van der Waals surface area contributed by atoms with E-state index in [1.54, 1.807) is 20.1 Å². The summed E-state index contributed by atoms with van der Waals surface area (Å²) in [6, 6.07) is 7.38. The number of nitrogen functional groups attached to an aromatic ring is 1. The number of nitrogens with two attached hydrogens (primary N) is 1. The quantitative estimate of drug-likeness (QED) is 0.690. The maximum Gasteiger partial charge on any atom is 0.274 e. The molecule has 1 unspecified atom stereocenters. The zero-order chi connectivity index (χ0) is 21.0. The number of hydrogen-bond donors (Lipinski definition) is 1. The van der Waals surface area contributed by atoms with Gasteiger partial charge in [0.25, 0.3) is 5.91 Å². The number of para-hydroxylation sites is 1. The van der Waals surface area contributed by atoms with Gasteiger partial charge in [0.2, 0.25) is 11.9 Å². The van der Waals surface area contributed by atoms with Crippen molar-refractivity contribution in [3.8, 4) is 5.75 Å². The lowest BCUT2D eigenvalue weighted by molar-refractivity contribution is -0.128. The highest BCUT2D eigenvalue weighted by Crippen LogP contribution is 2.40. The van der Waals surface area contributed by atoms with Gasteiger partial charge in [-0.15, -0.1) is 0 Å². The fourth-order valence-electron chi connectivity index (χ4n) is 4.83. The molecule has 3 aromatic rings. The van der Waals surface area contributed by atoms with E-state index in [9.17, 15) is 9.59 Å². The van der Waals surface area contributed by atoms with Gasteiger partial charge in [-0.2, -0.15) is 9.61 Å². The van der Waals surface area contributed by atoms with Gasteiger partial charge in [-0.1, -0.05) is 12.1 Å². The van der Waals surface area contributed by atoms with Crippen molar-refractivity contribution in [1.29, 1.82) is 0 Å². The Morgan fingerprint density at radius 2 is 1.90 bits per heavy atom. The Morgan fingerprint density at radius 3 is 2.60 bits per heavy atom. The first-order valence-corrected chi connectivity index (χ1v) is 10.1. The average Bonchev–Trinajstić information content (AvgIpc) is 3.46. The van der Waals surface area contributed by atoms with Crippen molar-refractivity contribution in [2.45, 2.75) is 19.8 Å². The lowest BCUT2D eigenvalue weighted by atomic mass is 9.86. The summed E-state index contributed by atoms with van der Waals surface area (Å²) in [6.07, 6.45) is 1.84. The molecule has 9 nitrogen and oxygen atoms in total. The number of methoxy groups -OCH3 is 1. The van der Waals surface area contributed by atoms with Crippen LogP contribution in [0, 0.1) is 5.41 Å². The zero-order valence-electron chi connectivity index (χ0n) is 17.1. The van der Waals surface area contributed by atoms with Gasteiger partial charge in [0.05, 0.1) is 12.6 Å². The Labute approximate surface area is 173 Å². The maximum atomic E-state index is 13.2. The molecule has 30 heavy (non-hydrogen) atoms. The highest BCUT2D eigenvalue weighted by molar-refractivity contribution is 6.01. The van der Waals surface area contributed by atoms with Gasteiger partial charge >= 0.3 is 0 Å². The van der Waals surface area contributed by atoms with E-state index in [0.29, 0.717) is 30.0 Å². The molecule has 1 spiro atoms. The molecule has 1 aromatic carbocycles. The van der Waals surface area contributed by atoms with Gasteiger partial charge in [-0.05, 0) is 25.0 Å². The van der Waals surface area contributed by atoms with Crippen LogP contribution >= 0.6 is 0 Å². The molecule has 9 heteroatoms. The molecule has 2 aromatic heterocycles. The molecule has 156 valence electrons. The molecule has 2 amide bonds. The number of aromatic nitrogens is 3. The molecular formula is C21H24N6O3. The van der Waals surface area contributed by atoms with Gasteiger partial charge in [0.15, 0.2) is 5.69 Å². The topological polar surface area (TPSA) is 106 Å². The second-order valence-electron chi connectivity index (χ2n) is 8.32. The van der Waals surface area contributed by atoms with Crippen molar-refractivity contribution in [1.82, 2.24) is 24.4 Å². The van der Waals surface area contributed by atoms with Crippen LogP contribution in [0.25, 0.3) is 16.4 Å². The van der Waals surface area contributed by atoms with Gasteiger partial charge < -0.3 is 20.3 Å². The Kier molecular flexibility index (Phi) is 4.09. The summed E-state index contributed by atoms with van der Waals surface area (Å²) in [5, 5.41) is 5.27. The molecule has 0 saturated carbocycles. The van der Waals surface area contributed by atoms with Crippen LogP contribution in [0.3, 0.4) is 0 Å². The number of amides is 2. The predicted molar refractivity (Wildman–Crippen MR) is 111 cm³/mol. The van der Waals surface area contributed by atoms with E-state index in [1.165, 1.54) is 4.52 Å². The minimum atomic E-state index is -0.118. The van der Waals surface area contributed by atoms with Gasteiger partial charge in [0, 0.05) is 43.9 Å². The highest BCUT2D eigenvalue weighted by Gasteiger charge is 2.45. The highest BCUT2D eigenvalue weighted by atomic mass is 16.5. The second-order valence-corrected chi connectivity index (χ2v) is 8.32. The molecule has 2 N–H and O–H groups in total. The Balaban J connectivity index is 1.47. The third-order valence-electron chi connectivity index (χ3n) is 6.48. The molecule has 1 atom stereocenters. The molecule has 2 fully saturated rings. The molecule has 0 aliphatic carbocycles. The fraction of sp³-hybridized carbons (Fsp3) is 0.429. The minimum Gasteiger partial charge on any atom is -0.494 e. The number of nitrogens with zero attached hydrogens (tertiary/aromatic N) is 5. The normalized spacial score (nSPS) is 21.3. The zero-order valence-corrected chi connectivity index (χ0v) is 17.1. The molecule has 0 bridgehead atoms. The average molecular weight is 408 g/mol. The molecule has 2 aliphatic rings. The first-order valence-electron chi connectivity index (χ1n) is 10.1. The number of benzene rings is 1. The molecule has 2 aliphatic heterocycles. The van der Waals surface area contributed by atoms with Crippen LogP contribution in [0.4, 0.5) is 5.95 Å². The summed E-state index contributed by atoms with van der Waals surface area (Å²) in [5.41, 5.74) is 7.83. The lowest BCUT2D eigenvalue weighted by Crippen LogP contribution is -2.35. The number of fused-ring (bicyclic) bond motifs is 3. The van der Waals surface area contributed by atoms with Crippen LogP contribution in [-0.2, 0) is 4.79 Å². The largest absolute Gasteiger partial charge is 0.494 e. The van der Waals surface area contributed by atoms with E-state index >= 15 is 0 Å². The summed E-state index contributed by atoms with van der Waals surface area (Å²) in [6.45, 7) is 4.40. The monoisotopic (exact) mass is 408 g/mol. The van der Waals surface area contributed by atoms with E-state index in [-0.39, 0.29) is 23.2 Å². The van der Waals surface area contributed by atoms with Crippen LogP contribution in [0.2, 0.25) is 0 Å². The van der Waals surface area contributed by atoms with Crippen molar-refractivity contribution < 1.29 is 14.3 Å². The van der Waals surface area contributed by atoms with E-state index in [2.05, 4.69) is 10.1 Å². The third kappa shape index (κ3) is 2.76. The van der Waals surface area contributed by atoms with E-state index in [1.807, 2.05) is 28.0 Å². The molecule has 4 heterocycles. The summed E-state index contributed by atoms with van der Waals surface area (Å²) < 4.78 is 6.90. The van der Waals surface area contributed by atoms with E-state index < -0.39 is 0 Å². The van der Waals surface area contributed by atoms with Crippen LogP contribution in [0.15, 0.2) is 24.3 Å². The minimum absolute atomic E-state index is 0.00113. The second kappa shape index (κ2) is 6.58. The number of carbonyl (C=O) groups is 2. The smallest absolute Gasteiger partial charge is 0.274 e. The standard InChI is InChI=1S/C21H24N6O3/c1-13(28)25-8-6-21(11-25)7-9-26(12-21)19(29)15-10-16-14-4-3-5-17(30-2)18(14)23-20(22)27(16)24-15/h3-5,10H,6-9,11-12H2,1-2H3,(H2,22,23). The number of carbonyl (C=O) groups excluding carboxylic acids is 2. The number of hydrogen-bond acceptors (Lipinski definition) is 6. The van der Waals surface area contributed by atoms with Gasteiger partial charge in [-0.3, -0.25) is 9.59 Å². The van der Waals surface area contributed by atoms with Gasteiger partial charge in [-0.25, -0.2) is 4.98 Å². The van der Waals surface area contributed by atoms with Crippen LogP contribution in [0.5, 0.6) is 5.75 Å². The Hall–Kier alpha value is -3.36. The first-order chi connectivity index (χ1) is 14.4. The first kappa shape index (κ1) is 18.7. The summed E-state index contributed by atoms with van der Waals surface area (Å²) in [4.78, 5) is 33.1. The SMILES string of the molecule is COc1cccc2c1nc(N)n1nc(C(=O)N3CCC4(CCN(C(C)=O)C4)C3)cc21. The molecular weight excluding hydrogens is 384 g/mol. The lowest BCUT2D eigenvalue weighted by Gasteiger charge is -2.24. The number of likely N-dealkylation sites (tertiary alicyclic amines) is 2. The van der Waals surface area contributed by atoms with Crippen molar-refractivity contribution in [3.05, 3.63) is 30.0 Å². The van der Waals surface area contributed by atoms with E-state index in [4.69, 9.17) is 10.5 Å². The molecule has 2 saturated heterocycles. The van der Waals surface area contributed by atoms with Crippen molar-refractivity contribution in [2.24, 2.45) is 5.41 Å². The fourth-order valence-corrected chi connectivity index (χ4v) is 4.83. The van der Waals surface area contributed by atoms with Crippen molar-refractivity contribution >= 4 is 34.2 Å². The number of anilines is 1. The van der Waals surface area contributed by atoms with E-state index in [0.717, 1.165) is 36.8 Å². The third-order valence-corrected chi connectivity index (χ3v) is 6.48. The van der Waals surface area contributed by atoms with Crippen molar-refractivity contribution in [3.63, 3.8) is 0 Å². The Bertz CT molecular complexity index is 1190. The number of ether oxygens (including phenoxy) is 1. The predicted octanol–water partition coefficient (Wildman–Crippen LogP) is 1.56. The summed E-state index contributed by atoms with van der Waals surface area (Å²) in [7, 11) is 1.58. The van der Waals surface area contributed by atoms with Gasteiger partial charge in [0.1, 0.15) is 11.3 Å². The maximum absolute atomic E-state index is 13.2. The number of rotatable bonds is 2. The Morgan fingerprint density at radius 1 is 1.17 bits per heavy atom. The molecule has 5 rings (SSSR count). The molecule has 0 radical (unpaired) electrons. The summed E-state index contributed by atoms with van der Waals surface area (Å²) >= 11 is 0.